The van der Waals surface area contributed by atoms with Gasteiger partial charge in [-0.2, -0.15) is 4.98 Å². The lowest BCUT2D eigenvalue weighted by Gasteiger charge is -2.33. The van der Waals surface area contributed by atoms with Gasteiger partial charge in [0.25, 0.3) is 5.56 Å². The molecule has 0 amide bonds. The van der Waals surface area contributed by atoms with Crippen LogP contribution in [0.15, 0.2) is 29.2 Å². The van der Waals surface area contributed by atoms with Gasteiger partial charge in [-0.15, -0.1) is 0 Å². The van der Waals surface area contributed by atoms with Crippen LogP contribution in [-0.4, -0.2) is 53.1 Å². The lowest BCUT2D eigenvalue weighted by atomic mass is 10.2. The van der Waals surface area contributed by atoms with Crippen LogP contribution in [0.5, 0.6) is 0 Å². The van der Waals surface area contributed by atoms with Crippen LogP contribution >= 0.6 is 0 Å². The molecule has 0 atom stereocenters. The highest BCUT2D eigenvalue weighted by Crippen LogP contribution is 2.21. The summed E-state index contributed by atoms with van der Waals surface area (Å²) in [7, 11) is 2.10. The number of H-pyrrole nitrogens is 1. The Bertz CT molecular complexity index is 690. The van der Waals surface area contributed by atoms with Gasteiger partial charge >= 0.3 is 0 Å². The van der Waals surface area contributed by atoms with Gasteiger partial charge in [-0.05, 0) is 19.2 Å². The maximum absolute atomic E-state index is 11.9. The van der Waals surface area contributed by atoms with E-state index < -0.39 is 0 Å². The number of piperazine rings is 1. The summed E-state index contributed by atoms with van der Waals surface area (Å²) in [5.41, 5.74) is 6.68. The van der Waals surface area contributed by atoms with E-state index in [0.29, 0.717) is 11.3 Å². The third-order valence-corrected chi connectivity index (χ3v) is 3.65. The second-order valence-corrected chi connectivity index (χ2v) is 5.17. The third-order valence-electron chi connectivity index (χ3n) is 3.65. The molecule has 0 radical (unpaired) electrons. The van der Waals surface area contributed by atoms with Crippen LogP contribution in [0.4, 0.5) is 11.8 Å². The molecule has 21 heavy (non-hydrogen) atoms. The van der Waals surface area contributed by atoms with Crippen molar-refractivity contribution < 1.29 is 0 Å². The van der Waals surface area contributed by atoms with Crippen LogP contribution in [-0.2, 0) is 0 Å². The molecule has 1 fully saturated rings. The summed E-state index contributed by atoms with van der Waals surface area (Å²) in [4.78, 5) is 27.4. The van der Waals surface area contributed by atoms with Crippen molar-refractivity contribution in [3.05, 3.63) is 34.7 Å². The predicted molar refractivity (Wildman–Crippen MR) is 82.2 cm³/mol. The van der Waals surface area contributed by atoms with Crippen molar-refractivity contribution >= 4 is 11.8 Å². The normalized spacial score (nSPS) is 16.1. The lowest BCUT2D eigenvalue weighted by molar-refractivity contribution is 0.312. The number of rotatable bonds is 2. The molecule has 3 rings (SSSR count). The van der Waals surface area contributed by atoms with Crippen LogP contribution in [0.2, 0.25) is 0 Å². The van der Waals surface area contributed by atoms with E-state index in [1.165, 1.54) is 0 Å². The maximum atomic E-state index is 11.9. The molecule has 1 aliphatic heterocycles. The van der Waals surface area contributed by atoms with Crippen LogP contribution in [0.25, 0.3) is 11.3 Å². The van der Waals surface area contributed by atoms with Gasteiger partial charge in [0.2, 0.25) is 5.95 Å². The largest absolute Gasteiger partial charge is 0.368 e. The molecule has 0 saturated carbocycles. The Morgan fingerprint density at radius 1 is 1.24 bits per heavy atom. The summed E-state index contributed by atoms with van der Waals surface area (Å²) in [6, 6.07) is 5.32. The molecule has 7 nitrogen and oxygen atoms in total. The van der Waals surface area contributed by atoms with E-state index in [-0.39, 0.29) is 11.5 Å². The molecule has 3 heterocycles. The van der Waals surface area contributed by atoms with Gasteiger partial charge in [0.05, 0.1) is 11.3 Å². The van der Waals surface area contributed by atoms with Gasteiger partial charge in [0.1, 0.15) is 5.82 Å². The fourth-order valence-electron chi connectivity index (χ4n) is 2.41. The zero-order valence-corrected chi connectivity index (χ0v) is 11.9. The van der Waals surface area contributed by atoms with E-state index in [2.05, 4.69) is 31.8 Å². The lowest BCUT2D eigenvalue weighted by Crippen LogP contribution is -2.44. The van der Waals surface area contributed by atoms with Crippen LogP contribution in [0, 0.1) is 0 Å². The van der Waals surface area contributed by atoms with Gasteiger partial charge in [-0.25, -0.2) is 4.98 Å². The molecule has 0 aliphatic carbocycles. The number of hydrogen-bond donors (Lipinski definition) is 2. The van der Waals surface area contributed by atoms with Crippen LogP contribution in [0.1, 0.15) is 0 Å². The van der Waals surface area contributed by atoms with Crippen molar-refractivity contribution in [3.63, 3.8) is 0 Å². The molecular formula is C14H18N6O. The van der Waals surface area contributed by atoms with E-state index in [1.54, 1.807) is 18.3 Å². The molecule has 110 valence electrons. The van der Waals surface area contributed by atoms with Crippen LogP contribution < -0.4 is 16.2 Å². The first-order chi connectivity index (χ1) is 10.1. The van der Waals surface area contributed by atoms with Crippen molar-refractivity contribution in [2.45, 2.75) is 0 Å². The number of pyridine rings is 1. The van der Waals surface area contributed by atoms with Gasteiger partial charge in [-0.3, -0.25) is 4.79 Å². The van der Waals surface area contributed by atoms with Crippen molar-refractivity contribution in [3.8, 4) is 11.3 Å². The summed E-state index contributed by atoms with van der Waals surface area (Å²) >= 11 is 0. The Kier molecular flexibility index (Phi) is 3.57. The smallest absolute Gasteiger partial charge is 0.257 e. The molecule has 0 aromatic carbocycles. The van der Waals surface area contributed by atoms with E-state index >= 15 is 0 Å². The van der Waals surface area contributed by atoms with E-state index in [1.807, 2.05) is 6.07 Å². The molecule has 2 aromatic rings. The number of nitrogens with one attached hydrogen (secondary N) is 1. The van der Waals surface area contributed by atoms with E-state index in [9.17, 15) is 4.79 Å². The highest BCUT2D eigenvalue weighted by atomic mass is 16.1. The molecule has 2 aromatic heterocycles. The highest BCUT2D eigenvalue weighted by Gasteiger charge is 2.17. The van der Waals surface area contributed by atoms with E-state index in [4.69, 9.17) is 5.73 Å². The number of anilines is 2. The average Bonchev–Trinajstić information content (AvgIpc) is 2.48. The Morgan fingerprint density at radius 3 is 2.71 bits per heavy atom. The zero-order valence-electron chi connectivity index (χ0n) is 11.9. The number of likely N-dealkylation sites (N-methyl/N-ethyl adjacent to an activating group) is 1. The molecule has 7 heteroatoms. The molecule has 0 unspecified atom stereocenters. The topological polar surface area (TPSA) is 91.1 Å². The zero-order chi connectivity index (χ0) is 14.8. The highest BCUT2D eigenvalue weighted by molar-refractivity contribution is 5.63. The first kappa shape index (κ1) is 13.6. The first-order valence-electron chi connectivity index (χ1n) is 6.89. The molecule has 1 saturated heterocycles. The quantitative estimate of drug-likeness (QED) is 0.817. The number of aromatic amines is 1. The number of nitrogens with zero attached hydrogens (tertiary/aromatic N) is 4. The van der Waals surface area contributed by atoms with Gasteiger partial charge in [0, 0.05) is 38.4 Å². The fraction of sp³-hybridized carbons (Fsp3) is 0.357. The third kappa shape index (κ3) is 2.87. The maximum Gasteiger partial charge on any atom is 0.257 e. The van der Waals surface area contributed by atoms with E-state index in [0.717, 1.165) is 32.0 Å². The summed E-state index contributed by atoms with van der Waals surface area (Å²) in [5, 5.41) is 0. The Labute approximate surface area is 122 Å². The SMILES string of the molecule is CN1CCN(c2cc(-c3ccc[nH]c3=O)nc(N)n2)CC1. The second kappa shape index (κ2) is 5.53. The average molecular weight is 286 g/mol. The molecule has 0 spiro atoms. The number of nitrogens with two attached hydrogens (primary N) is 1. The van der Waals surface area contributed by atoms with Crippen molar-refractivity contribution in [2.75, 3.05) is 43.9 Å². The molecular weight excluding hydrogens is 268 g/mol. The van der Waals surface area contributed by atoms with Crippen molar-refractivity contribution in [1.82, 2.24) is 19.9 Å². The van der Waals surface area contributed by atoms with Gasteiger partial charge < -0.3 is 20.5 Å². The molecule has 3 N–H and O–H groups in total. The predicted octanol–water partition coefficient (Wildman–Crippen LogP) is 0.166. The Hall–Kier alpha value is -2.41. The van der Waals surface area contributed by atoms with Crippen molar-refractivity contribution in [1.29, 1.82) is 0 Å². The van der Waals surface area contributed by atoms with Crippen molar-refractivity contribution in [2.24, 2.45) is 0 Å². The molecule has 0 bridgehead atoms. The Balaban J connectivity index is 1.97. The fourth-order valence-corrected chi connectivity index (χ4v) is 2.41. The minimum atomic E-state index is -0.181. The first-order valence-corrected chi connectivity index (χ1v) is 6.89. The number of nitrogen functional groups attached to an aromatic ring is 1. The Morgan fingerprint density at radius 2 is 2.00 bits per heavy atom. The summed E-state index contributed by atoms with van der Waals surface area (Å²) in [6.07, 6.45) is 1.60. The minimum absolute atomic E-state index is 0.181. The monoisotopic (exact) mass is 286 g/mol. The number of hydrogen-bond acceptors (Lipinski definition) is 6. The van der Waals surface area contributed by atoms with Gasteiger partial charge in [0.15, 0.2) is 0 Å². The standard InChI is InChI=1S/C14H18N6O/c1-19-5-7-20(8-6-19)12-9-11(17-14(15)18-12)10-3-2-4-16-13(10)21/h2-4,9H,5-8H2,1H3,(H,16,21)(H2,15,17,18). The summed E-state index contributed by atoms with van der Waals surface area (Å²) < 4.78 is 0. The van der Waals surface area contributed by atoms with Crippen LogP contribution in [0.3, 0.4) is 0 Å². The summed E-state index contributed by atoms with van der Waals surface area (Å²) in [5.74, 6) is 0.957. The summed E-state index contributed by atoms with van der Waals surface area (Å²) in [6.45, 7) is 3.73. The second-order valence-electron chi connectivity index (χ2n) is 5.17. The minimum Gasteiger partial charge on any atom is -0.368 e. The van der Waals surface area contributed by atoms with Gasteiger partial charge in [-0.1, -0.05) is 0 Å². The number of aromatic nitrogens is 3. The molecule has 1 aliphatic rings.